The molecule has 0 saturated heterocycles. The fourth-order valence-corrected chi connectivity index (χ4v) is 4.69. The van der Waals surface area contributed by atoms with Gasteiger partial charge in [0.25, 0.3) is 0 Å². The Morgan fingerprint density at radius 3 is 2.30 bits per heavy atom. The summed E-state index contributed by atoms with van der Waals surface area (Å²) in [6, 6.07) is 9.32. The van der Waals surface area contributed by atoms with Crippen LogP contribution in [0.1, 0.15) is 37.7 Å². The summed E-state index contributed by atoms with van der Waals surface area (Å²) in [4.78, 5) is 0. The predicted octanol–water partition coefficient (Wildman–Crippen LogP) is 2.11. The number of hydrogen-bond donors (Lipinski definition) is 1. The average Bonchev–Trinajstić information content (AvgIpc) is 2.48. The third kappa shape index (κ3) is 3.22. The Balaban J connectivity index is 2.19. The lowest BCUT2D eigenvalue weighted by atomic mass is 9.82. The lowest BCUT2D eigenvalue weighted by Gasteiger charge is -2.43. The SMILES string of the molecule is CN(C1(CN)CCCCC1)S(=O)(=O)Cc1ccccc1. The Labute approximate surface area is 122 Å². The van der Waals surface area contributed by atoms with Crippen molar-refractivity contribution in [2.24, 2.45) is 5.73 Å². The maximum Gasteiger partial charge on any atom is 0.218 e. The van der Waals surface area contributed by atoms with Gasteiger partial charge in [0.1, 0.15) is 0 Å². The second-order valence-electron chi connectivity index (χ2n) is 5.70. The highest BCUT2D eigenvalue weighted by atomic mass is 32.2. The molecule has 20 heavy (non-hydrogen) atoms. The Morgan fingerprint density at radius 2 is 1.75 bits per heavy atom. The molecule has 112 valence electrons. The van der Waals surface area contributed by atoms with Crippen LogP contribution in [-0.4, -0.2) is 31.9 Å². The van der Waals surface area contributed by atoms with Crippen molar-refractivity contribution in [1.29, 1.82) is 0 Å². The van der Waals surface area contributed by atoms with E-state index in [-0.39, 0.29) is 11.3 Å². The maximum absolute atomic E-state index is 12.6. The molecule has 1 aliphatic carbocycles. The topological polar surface area (TPSA) is 63.4 Å². The maximum atomic E-state index is 12.6. The number of sulfonamides is 1. The van der Waals surface area contributed by atoms with Gasteiger partial charge in [0, 0.05) is 19.1 Å². The summed E-state index contributed by atoms with van der Waals surface area (Å²) in [7, 11) is -1.64. The monoisotopic (exact) mass is 296 g/mol. The van der Waals surface area contributed by atoms with E-state index < -0.39 is 10.0 Å². The Morgan fingerprint density at radius 1 is 1.15 bits per heavy atom. The summed E-state index contributed by atoms with van der Waals surface area (Å²) in [5.74, 6) is 0.0477. The van der Waals surface area contributed by atoms with E-state index in [4.69, 9.17) is 5.73 Å². The van der Waals surface area contributed by atoms with Gasteiger partial charge in [-0.05, 0) is 18.4 Å². The number of benzene rings is 1. The van der Waals surface area contributed by atoms with Crippen LogP contribution in [-0.2, 0) is 15.8 Å². The molecule has 0 amide bonds. The van der Waals surface area contributed by atoms with Crippen LogP contribution in [0.25, 0.3) is 0 Å². The first-order valence-corrected chi connectivity index (χ1v) is 8.82. The number of rotatable bonds is 5. The Kier molecular flexibility index (Phi) is 4.83. The molecule has 1 saturated carbocycles. The highest BCUT2D eigenvalue weighted by molar-refractivity contribution is 7.88. The van der Waals surface area contributed by atoms with E-state index in [0.717, 1.165) is 31.2 Å². The smallest absolute Gasteiger partial charge is 0.218 e. The molecule has 0 unspecified atom stereocenters. The molecule has 1 aliphatic rings. The van der Waals surface area contributed by atoms with Crippen molar-refractivity contribution in [2.75, 3.05) is 13.6 Å². The zero-order chi connectivity index (χ0) is 14.6. The number of hydrogen-bond acceptors (Lipinski definition) is 3. The van der Waals surface area contributed by atoms with E-state index in [2.05, 4.69) is 0 Å². The van der Waals surface area contributed by atoms with Crippen LogP contribution in [0, 0.1) is 0 Å². The van der Waals surface area contributed by atoms with Gasteiger partial charge in [0.15, 0.2) is 0 Å². The molecule has 0 aromatic heterocycles. The second-order valence-corrected chi connectivity index (χ2v) is 7.70. The first kappa shape index (κ1) is 15.5. The number of likely N-dealkylation sites (N-methyl/N-ethyl adjacent to an activating group) is 1. The summed E-state index contributed by atoms with van der Waals surface area (Å²) in [5, 5.41) is 0. The van der Waals surface area contributed by atoms with Crippen LogP contribution in [0.2, 0.25) is 0 Å². The molecule has 1 fully saturated rings. The van der Waals surface area contributed by atoms with Gasteiger partial charge in [-0.3, -0.25) is 0 Å². The molecule has 2 N–H and O–H groups in total. The highest BCUT2D eigenvalue weighted by Crippen LogP contribution is 2.34. The van der Waals surface area contributed by atoms with Crippen molar-refractivity contribution in [1.82, 2.24) is 4.31 Å². The zero-order valence-corrected chi connectivity index (χ0v) is 12.9. The molecule has 5 heteroatoms. The lowest BCUT2D eigenvalue weighted by Crippen LogP contribution is -2.55. The number of nitrogens with two attached hydrogens (primary N) is 1. The molecular weight excluding hydrogens is 272 g/mol. The minimum atomic E-state index is -3.33. The summed E-state index contributed by atoms with van der Waals surface area (Å²) >= 11 is 0. The molecule has 0 radical (unpaired) electrons. The first-order chi connectivity index (χ1) is 9.50. The van der Waals surface area contributed by atoms with Crippen molar-refractivity contribution < 1.29 is 8.42 Å². The highest BCUT2D eigenvalue weighted by Gasteiger charge is 2.40. The largest absolute Gasteiger partial charge is 0.329 e. The predicted molar refractivity (Wildman–Crippen MR) is 81.7 cm³/mol. The van der Waals surface area contributed by atoms with Gasteiger partial charge in [-0.2, -0.15) is 4.31 Å². The molecule has 0 aliphatic heterocycles. The summed E-state index contributed by atoms with van der Waals surface area (Å²) in [6.45, 7) is 0.400. The van der Waals surface area contributed by atoms with Crippen molar-refractivity contribution in [3.05, 3.63) is 35.9 Å². The Bertz CT molecular complexity index is 522. The third-order valence-corrected chi connectivity index (χ3v) is 6.36. The van der Waals surface area contributed by atoms with Crippen LogP contribution in [0.15, 0.2) is 30.3 Å². The van der Waals surface area contributed by atoms with E-state index in [1.165, 1.54) is 6.42 Å². The van der Waals surface area contributed by atoms with Gasteiger partial charge < -0.3 is 5.73 Å². The molecule has 2 rings (SSSR count). The quantitative estimate of drug-likeness (QED) is 0.905. The van der Waals surface area contributed by atoms with E-state index in [0.29, 0.717) is 6.54 Å². The minimum absolute atomic E-state index is 0.0477. The Hall–Kier alpha value is -0.910. The van der Waals surface area contributed by atoms with Crippen molar-refractivity contribution in [3.63, 3.8) is 0 Å². The van der Waals surface area contributed by atoms with Gasteiger partial charge in [-0.25, -0.2) is 8.42 Å². The van der Waals surface area contributed by atoms with Gasteiger partial charge >= 0.3 is 0 Å². The van der Waals surface area contributed by atoms with E-state index in [9.17, 15) is 8.42 Å². The van der Waals surface area contributed by atoms with Gasteiger partial charge in [-0.1, -0.05) is 49.6 Å². The lowest BCUT2D eigenvalue weighted by molar-refractivity contribution is 0.159. The van der Waals surface area contributed by atoms with Crippen LogP contribution in [0.5, 0.6) is 0 Å². The van der Waals surface area contributed by atoms with Crippen molar-refractivity contribution in [2.45, 2.75) is 43.4 Å². The van der Waals surface area contributed by atoms with E-state index in [1.54, 1.807) is 11.4 Å². The first-order valence-electron chi connectivity index (χ1n) is 7.21. The second kappa shape index (κ2) is 6.24. The summed E-state index contributed by atoms with van der Waals surface area (Å²) in [5.41, 5.74) is 6.36. The van der Waals surface area contributed by atoms with Crippen molar-refractivity contribution in [3.8, 4) is 0 Å². The van der Waals surface area contributed by atoms with Crippen LogP contribution in [0.3, 0.4) is 0 Å². The van der Waals surface area contributed by atoms with Crippen LogP contribution in [0.4, 0.5) is 0 Å². The van der Waals surface area contributed by atoms with Gasteiger partial charge in [-0.15, -0.1) is 0 Å². The molecular formula is C15H24N2O2S. The molecule has 4 nitrogen and oxygen atoms in total. The average molecular weight is 296 g/mol. The van der Waals surface area contributed by atoms with Crippen LogP contribution < -0.4 is 5.73 Å². The van der Waals surface area contributed by atoms with E-state index >= 15 is 0 Å². The fourth-order valence-electron chi connectivity index (χ4n) is 3.03. The zero-order valence-electron chi connectivity index (χ0n) is 12.1. The normalized spacial score (nSPS) is 19.1. The fraction of sp³-hybridized carbons (Fsp3) is 0.600. The van der Waals surface area contributed by atoms with E-state index in [1.807, 2.05) is 30.3 Å². The molecule has 0 atom stereocenters. The molecule has 0 heterocycles. The summed E-state index contributed by atoms with van der Waals surface area (Å²) in [6.07, 6.45) is 5.03. The third-order valence-electron chi connectivity index (χ3n) is 4.44. The molecule has 1 aromatic rings. The van der Waals surface area contributed by atoms with Crippen molar-refractivity contribution >= 4 is 10.0 Å². The standard InChI is InChI=1S/C15H24N2O2S/c1-17(15(13-16)10-6-3-7-11-15)20(18,19)12-14-8-4-2-5-9-14/h2,4-5,8-9H,3,6-7,10-13,16H2,1H3. The van der Waals surface area contributed by atoms with Gasteiger partial charge in [0.05, 0.1) is 5.75 Å². The van der Waals surface area contributed by atoms with Gasteiger partial charge in [0.2, 0.25) is 10.0 Å². The van der Waals surface area contributed by atoms with Crippen LogP contribution >= 0.6 is 0 Å². The molecule has 0 bridgehead atoms. The summed E-state index contributed by atoms with van der Waals surface area (Å²) < 4.78 is 26.8. The molecule has 0 spiro atoms. The number of nitrogens with zero attached hydrogens (tertiary/aromatic N) is 1. The molecule has 1 aromatic carbocycles. The minimum Gasteiger partial charge on any atom is -0.329 e.